The second kappa shape index (κ2) is 10.6. The van der Waals surface area contributed by atoms with Crippen molar-refractivity contribution < 1.29 is 13.9 Å². The quantitative estimate of drug-likeness (QED) is 0.139. The number of carbonyl (C=O) groups excluding carboxylic acids is 1. The molecule has 0 radical (unpaired) electrons. The van der Waals surface area contributed by atoms with Gasteiger partial charge in [0.1, 0.15) is 11.3 Å². The first-order valence-electron chi connectivity index (χ1n) is 11.0. The highest BCUT2D eigenvalue weighted by molar-refractivity contribution is 14.1. The zero-order valence-electron chi connectivity index (χ0n) is 19.1. The second-order valence-electron chi connectivity index (χ2n) is 7.81. The number of amides is 1. The number of fused-ring (bicyclic) bond motifs is 1. The third kappa shape index (κ3) is 5.31. The molecule has 0 aliphatic rings. The predicted octanol–water partition coefficient (Wildman–Crippen LogP) is 5.99. The van der Waals surface area contributed by atoms with Crippen molar-refractivity contribution in [2.45, 2.75) is 5.16 Å². The Morgan fingerprint density at radius 3 is 2.58 bits per heavy atom. The summed E-state index contributed by atoms with van der Waals surface area (Å²) in [5.41, 5.74) is 2.45. The molecule has 36 heavy (non-hydrogen) atoms. The Labute approximate surface area is 224 Å². The van der Waals surface area contributed by atoms with Gasteiger partial charge in [0.05, 0.1) is 24.1 Å². The Kier molecular flexibility index (Phi) is 7.10. The van der Waals surface area contributed by atoms with Crippen LogP contribution in [-0.2, 0) is 4.79 Å². The van der Waals surface area contributed by atoms with Crippen LogP contribution >= 0.6 is 34.4 Å². The van der Waals surface area contributed by atoms with E-state index in [0.29, 0.717) is 33.4 Å². The van der Waals surface area contributed by atoms with Crippen LogP contribution in [0.25, 0.3) is 27.9 Å². The fraction of sp³-hybridized carbons (Fsp3) is 0.0741. The lowest BCUT2D eigenvalue weighted by Crippen LogP contribution is -2.14. The number of para-hydroxylation sites is 1. The van der Waals surface area contributed by atoms with Crippen molar-refractivity contribution in [1.82, 2.24) is 9.55 Å². The number of imidazole rings is 1. The normalized spacial score (nSPS) is 10.9. The average Bonchev–Trinajstić information content (AvgIpc) is 3.32. The molecule has 0 aliphatic heterocycles. The Morgan fingerprint density at radius 1 is 1.08 bits per heavy atom. The minimum absolute atomic E-state index is 0.138. The number of anilines is 1. The molecule has 180 valence electrons. The first kappa shape index (κ1) is 24.1. The Morgan fingerprint density at radius 2 is 1.83 bits per heavy atom. The number of hydrogen-bond donors (Lipinski definition) is 1. The molecule has 9 heteroatoms. The van der Waals surface area contributed by atoms with Crippen molar-refractivity contribution in [3.63, 3.8) is 0 Å². The number of methoxy groups -OCH3 is 1. The highest BCUT2D eigenvalue weighted by atomic mass is 127. The van der Waals surface area contributed by atoms with E-state index in [9.17, 15) is 9.59 Å². The van der Waals surface area contributed by atoms with Crippen LogP contribution in [0.2, 0.25) is 0 Å². The monoisotopic (exact) mass is 609 g/mol. The average molecular weight is 609 g/mol. The molecule has 0 atom stereocenters. The molecule has 5 aromatic rings. The molecular formula is C27H20IN3O4S. The van der Waals surface area contributed by atoms with Gasteiger partial charge >= 0.3 is 5.63 Å². The second-order valence-corrected chi connectivity index (χ2v) is 9.99. The van der Waals surface area contributed by atoms with Crippen LogP contribution in [0.15, 0.2) is 99.4 Å². The highest BCUT2D eigenvalue weighted by Crippen LogP contribution is 2.28. The number of hydrogen-bond acceptors (Lipinski definition) is 6. The summed E-state index contributed by atoms with van der Waals surface area (Å²) < 4.78 is 13.6. The third-order valence-electron chi connectivity index (χ3n) is 5.40. The summed E-state index contributed by atoms with van der Waals surface area (Å²) in [7, 11) is 1.59. The minimum atomic E-state index is -0.463. The lowest BCUT2D eigenvalue weighted by molar-refractivity contribution is -0.113. The van der Waals surface area contributed by atoms with Crippen LogP contribution < -0.4 is 15.7 Å². The van der Waals surface area contributed by atoms with Crippen molar-refractivity contribution in [2.75, 3.05) is 18.2 Å². The third-order valence-corrected chi connectivity index (χ3v) is 7.07. The number of ether oxygens (including phenoxy) is 1. The van der Waals surface area contributed by atoms with Gasteiger partial charge in [0.15, 0.2) is 5.16 Å². The number of aromatic nitrogens is 2. The SMILES string of the molecule is COc1ccc(NC(=O)CSc2nc(-c3cc4ccccc4oc3=O)cn2-c2ccc(I)cc2)cc1. The standard InChI is InChI=1S/C27H20IN3O4S/c1-34-21-12-8-19(9-13-21)29-25(32)16-36-27-30-23(15-31(27)20-10-6-18(28)7-11-20)22-14-17-4-2-3-5-24(17)35-26(22)33/h2-15H,16H2,1H3,(H,29,32). The van der Waals surface area contributed by atoms with Gasteiger partial charge in [0.25, 0.3) is 0 Å². The molecule has 2 heterocycles. The van der Waals surface area contributed by atoms with E-state index in [4.69, 9.17) is 14.1 Å². The van der Waals surface area contributed by atoms with Crippen molar-refractivity contribution in [1.29, 1.82) is 0 Å². The van der Waals surface area contributed by atoms with Crippen molar-refractivity contribution >= 4 is 56.9 Å². The number of nitrogens with zero attached hydrogens (tertiary/aromatic N) is 2. The van der Waals surface area contributed by atoms with Gasteiger partial charge in [-0.3, -0.25) is 9.36 Å². The van der Waals surface area contributed by atoms with Gasteiger partial charge in [-0.25, -0.2) is 9.78 Å². The summed E-state index contributed by atoms with van der Waals surface area (Å²) >= 11 is 3.53. The molecule has 0 saturated heterocycles. The maximum atomic E-state index is 12.8. The van der Waals surface area contributed by atoms with E-state index in [0.717, 1.165) is 14.6 Å². The minimum Gasteiger partial charge on any atom is -0.497 e. The van der Waals surface area contributed by atoms with E-state index in [1.165, 1.54) is 11.8 Å². The first-order chi connectivity index (χ1) is 17.5. The van der Waals surface area contributed by atoms with Crippen LogP contribution in [0, 0.1) is 3.57 Å². The largest absolute Gasteiger partial charge is 0.497 e. The van der Waals surface area contributed by atoms with Crippen LogP contribution in [0.4, 0.5) is 5.69 Å². The van der Waals surface area contributed by atoms with Gasteiger partial charge in [-0.15, -0.1) is 0 Å². The molecule has 0 spiro atoms. The maximum absolute atomic E-state index is 12.8. The number of rotatable bonds is 7. The number of benzene rings is 3. The fourth-order valence-electron chi connectivity index (χ4n) is 3.62. The van der Waals surface area contributed by atoms with Crippen molar-refractivity contribution in [3.05, 3.63) is 99.0 Å². The van der Waals surface area contributed by atoms with Crippen molar-refractivity contribution in [3.8, 4) is 22.7 Å². The number of nitrogens with one attached hydrogen (secondary N) is 1. The van der Waals surface area contributed by atoms with Gasteiger partial charge in [0, 0.05) is 26.5 Å². The van der Waals surface area contributed by atoms with E-state index < -0.39 is 5.63 Å². The lowest BCUT2D eigenvalue weighted by Gasteiger charge is -2.08. The molecule has 3 aromatic carbocycles. The summed E-state index contributed by atoms with van der Waals surface area (Å²) in [6.45, 7) is 0. The summed E-state index contributed by atoms with van der Waals surface area (Å²) in [5.74, 6) is 0.681. The molecule has 0 saturated carbocycles. The van der Waals surface area contributed by atoms with Crippen LogP contribution in [0.5, 0.6) is 5.75 Å². The topological polar surface area (TPSA) is 86.4 Å². The number of thioether (sulfide) groups is 1. The van der Waals surface area contributed by atoms with Crippen molar-refractivity contribution in [2.24, 2.45) is 0 Å². The fourth-order valence-corrected chi connectivity index (χ4v) is 4.78. The van der Waals surface area contributed by atoms with Gasteiger partial charge in [0.2, 0.25) is 5.91 Å². The van der Waals surface area contributed by atoms with E-state index in [-0.39, 0.29) is 11.7 Å². The smallest absolute Gasteiger partial charge is 0.345 e. The summed E-state index contributed by atoms with van der Waals surface area (Å²) in [6, 6.07) is 24.2. The molecule has 7 nitrogen and oxygen atoms in total. The van der Waals surface area contributed by atoms with Gasteiger partial charge in [-0.05, 0) is 83.3 Å². The summed E-state index contributed by atoms with van der Waals surface area (Å²) in [4.78, 5) is 30.1. The molecule has 2 aromatic heterocycles. The van der Waals surface area contributed by atoms with Crippen LogP contribution in [0.1, 0.15) is 0 Å². The van der Waals surface area contributed by atoms with Crippen LogP contribution in [0.3, 0.4) is 0 Å². The summed E-state index contributed by atoms with van der Waals surface area (Å²) in [6.07, 6.45) is 1.80. The molecule has 0 unspecified atom stereocenters. The Hall–Kier alpha value is -3.57. The zero-order valence-corrected chi connectivity index (χ0v) is 22.1. The molecule has 1 N–H and O–H groups in total. The lowest BCUT2D eigenvalue weighted by atomic mass is 10.1. The highest BCUT2D eigenvalue weighted by Gasteiger charge is 2.17. The molecule has 0 fully saturated rings. The Bertz CT molecular complexity index is 1590. The first-order valence-corrected chi connectivity index (χ1v) is 13.0. The zero-order chi connectivity index (χ0) is 25.1. The van der Waals surface area contributed by atoms with E-state index in [1.54, 1.807) is 49.7 Å². The molecule has 0 bridgehead atoms. The molecular weight excluding hydrogens is 589 g/mol. The number of halogens is 1. The van der Waals surface area contributed by atoms with E-state index >= 15 is 0 Å². The molecule has 1 amide bonds. The molecule has 0 aliphatic carbocycles. The van der Waals surface area contributed by atoms with Gasteiger partial charge in [-0.2, -0.15) is 0 Å². The number of carbonyl (C=O) groups is 1. The van der Waals surface area contributed by atoms with E-state index in [2.05, 4.69) is 27.9 Å². The maximum Gasteiger partial charge on any atom is 0.345 e. The molecule has 5 rings (SSSR count). The van der Waals surface area contributed by atoms with Gasteiger partial charge in [-0.1, -0.05) is 30.0 Å². The Balaban J connectivity index is 1.44. The van der Waals surface area contributed by atoms with Gasteiger partial charge < -0.3 is 14.5 Å². The predicted molar refractivity (Wildman–Crippen MR) is 150 cm³/mol. The van der Waals surface area contributed by atoms with Crippen LogP contribution in [-0.4, -0.2) is 28.3 Å². The summed E-state index contributed by atoms with van der Waals surface area (Å²) in [5, 5.41) is 4.28. The van der Waals surface area contributed by atoms with E-state index in [1.807, 2.05) is 47.0 Å².